The van der Waals surface area contributed by atoms with E-state index in [9.17, 15) is 14.4 Å². The molecule has 0 saturated heterocycles. The van der Waals surface area contributed by atoms with Gasteiger partial charge in [0.1, 0.15) is 0 Å². The Morgan fingerprint density at radius 2 is 1.59 bits per heavy atom. The van der Waals surface area contributed by atoms with Crippen molar-refractivity contribution in [3.63, 3.8) is 0 Å². The molecule has 8 heteroatoms. The molecule has 0 saturated carbocycles. The van der Waals surface area contributed by atoms with Gasteiger partial charge in [0.2, 0.25) is 0 Å². The predicted molar refractivity (Wildman–Crippen MR) is 134 cm³/mol. The fourth-order valence-electron chi connectivity index (χ4n) is 5.08. The number of carbonyl (C=O) groups is 3. The van der Waals surface area contributed by atoms with Crippen LogP contribution in [-0.2, 0) is 9.53 Å². The first-order chi connectivity index (χ1) is 16.2. The van der Waals surface area contributed by atoms with Crippen molar-refractivity contribution in [2.75, 3.05) is 0 Å². The molecule has 0 amide bonds. The van der Waals surface area contributed by atoms with E-state index < -0.39 is 28.9 Å². The average molecular weight is 522 g/mol. The molecule has 3 rings (SSSR count). The van der Waals surface area contributed by atoms with Gasteiger partial charge in [-0.1, -0.05) is 0 Å². The Hall–Kier alpha value is -2.94. The number of aromatic nitrogens is 2. The zero-order chi connectivity index (χ0) is 24.9. The van der Waals surface area contributed by atoms with Gasteiger partial charge >= 0.3 is 209 Å². The Kier molecular flexibility index (Phi) is 7.97. The molecule has 0 bridgehead atoms. The van der Waals surface area contributed by atoms with Crippen LogP contribution >= 0.6 is 0 Å². The van der Waals surface area contributed by atoms with Crippen LogP contribution < -0.4 is 0 Å². The summed E-state index contributed by atoms with van der Waals surface area (Å²) in [6.07, 6.45) is 10.8. The van der Waals surface area contributed by atoms with E-state index in [0.717, 1.165) is 0 Å². The number of rotatable bonds is 9. The van der Waals surface area contributed by atoms with Gasteiger partial charge < -0.3 is 0 Å². The summed E-state index contributed by atoms with van der Waals surface area (Å²) in [6, 6.07) is 6.75. The number of ketones is 2. The van der Waals surface area contributed by atoms with Gasteiger partial charge in [-0.2, -0.15) is 0 Å². The zero-order valence-electron chi connectivity index (χ0n) is 20.3. The first-order valence-electron chi connectivity index (χ1n) is 11.5. The average Bonchev–Trinajstić information content (AvgIpc) is 2.87. The van der Waals surface area contributed by atoms with Crippen LogP contribution in [0.1, 0.15) is 54.8 Å². The number of dihydropyridines is 1. The Morgan fingerprint density at radius 3 is 2.09 bits per heavy atom. The minimum absolute atomic E-state index is 0.00588. The fourth-order valence-corrected chi connectivity index (χ4v) is 7.53. The molecule has 5 atom stereocenters. The van der Waals surface area contributed by atoms with Crippen LogP contribution in [0.25, 0.3) is 0 Å². The van der Waals surface area contributed by atoms with Crippen molar-refractivity contribution in [1.29, 1.82) is 0 Å². The number of nitrogens with zero attached hydrogens (tertiary/aromatic N) is 3. The second-order valence-electron chi connectivity index (χ2n) is 8.92. The summed E-state index contributed by atoms with van der Waals surface area (Å²) >= 11 is 0.247. The molecule has 0 N–H and O–H groups in total. The quantitative estimate of drug-likeness (QED) is 0.286. The van der Waals surface area contributed by atoms with Gasteiger partial charge in [-0.25, -0.2) is 0 Å². The maximum absolute atomic E-state index is 13.9. The number of aliphatic imine (C=N–C) groups is 1. The first kappa shape index (κ1) is 25.7. The molecule has 34 heavy (non-hydrogen) atoms. The van der Waals surface area contributed by atoms with E-state index in [1.165, 1.54) is 12.4 Å². The second-order valence-corrected chi connectivity index (χ2v) is 12.6. The molecule has 0 aliphatic carbocycles. The summed E-state index contributed by atoms with van der Waals surface area (Å²) in [6.45, 7) is 7.32. The van der Waals surface area contributed by atoms with Crippen LogP contribution in [0.15, 0.2) is 66.2 Å². The number of ether oxygens (including phenoxy) is 1. The molecule has 1 aliphatic heterocycles. The molecule has 178 valence electrons. The van der Waals surface area contributed by atoms with Crippen LogP contribution in [0, 0.1) is 11.3 Å². The van der Waals surface area contributed by atoms with Crippen molar-refractivity contribution >= 4 is 40.3 Å². The number of hydrogen-bond donors (Lipinski definition) is 0. The van der Waals surface area contributed by atoms with Gasteiger partial charge in [0.25, 0.3) is 0 Å². The molecule has 1 aliphatic rings. The van der Waals surface area contributed by atoms with Crippen molar-refractivity contribution < 1.29 is 19.1 Å². The van der Waals surface area contributed by atoms with Gasteiger partial charge in [-0.15, -0.1) is 0 Å². The van der Waals surface area contributed by atoms with Crippen LogP contribution in [0.4, 0.5) is 0 Å². The van der Waals surface area contributed by atoms with E-state index >= 15 is 0 Å². The molecular weight excluding hydrogens is 491 g/mol. The number of Topliss-reactive ketones (excluding diaryl/α,β-unsaturated/α-hetero) is 2. The summed E-state index contributed by atoms with van der Waals surface area (Å²) < 4.78 is 5.79. The van der Waals surface area contributed by atoms with Gasteiger partial charge in [-0.05, 0) is 0 Å². The third kappa shape index (κ3) is 4.41. The Balaban J connectivity index is 2.01. The number of hydrogen-bond acceptors (Lipinski definition) is 7. The molecule has 7 nitrogen and oxygen atoms in total. The molecule has 0 aromatic carbocycles. The van der Waals surface area contributed by atoms with E-state index in [0.29, 0.717) is 17.5 Å². The van der Waals surface area contributed by atoms with E-state index in [2.05, 4.69) is 9.97 Å². The topological polar surface area (TPSA) is 98.6 Å². The van der Waals surface area contributed by atoms with Crippen molar-refractivity contribution in [2.45, 2.75) is 50.5 Å². The minimum atomic E-state index is -1.19. The van der Waals surface area contributed by atoms with Crippen molar-refractivity contribution in [3.8, 4) is 0 Å². The summed E-state index contributed by atoms with van der Waals surface area (Å²) in [5.74, 6) is -1.61. The predicted octanol–water partition coefficient (Wildman–Crippen LogP) is 3.06. The van der Waals surface area contributed by atoms with Crippen LogP contribution in [0.3, 0.4) is 0 Å². The summed E-state index contributed by atoms with van der Waals surface area (Å²) in [5.41, 5.74) is -1.37. The molecule has 2 aromatic heterocycles. The Bertz CT molecular complexity index is 1100. The molecule has 3 heterocycles. The van der Waals surface area contributed by atoms with Gasteiger partial charge in [0, 0.05) is 0 Å². The van der Waals surface area contributed by atoms with Crippen molar-refractivity contribution in [3.05, 3.63) is 72.3 Å². The zero-order valence-corrected chi connectivity index (χ0v) is 24.5. The second kappa shape index (κ2) is 10.5. The van der Waals surface area contributed by atoms with Crippen molar-refractivity contribution in [2.24, 2.45) is 16.3 Å². The molecule has 0 spiro atoms. The standard InChI is InChI=1S/C26H31GeN3O4/c1-5-25(24(33)34-18(3)23(32)21-10-7-13-29-16-21)11-8-14-30-26(25,19(4)27)17(2)22(31)20-9-6-12-28-15-20/h6-19H,5H2,1-4,27H3. The first-order valence-corrected chi connectivity index (χ1v) is 14.0. The van der Waals surface area contributed by atoms with Crippen molar-refractivity contribution in [1.82, 2.24) is 9.97 Å². The molecule has 2 aromatic rings. The SMILES string of the molecule is CCC1(C(=O)OC(C)C(=O)c2cccnc2)C=CC=NC1([CH](C)[GeH3])C(C)C(=O)c1cccnc1. The van der Waals surface area contributed by atoms with Crippen LogP contribution in [-0.4, -0.2) is 61.9 Å². The molecule has 5 unspecified atom stereocenters. The number of allylic oxidation sites excluding steroid dienone is 1. The maximum atomic E-state index is 13.9. The Labute approximate surface area is 208 Å². The van der Waals surface area contributed by atoms with E-state index in [-0.39, 0.29) is 32.8 Å². The van der Waals surface area contributed by atoms with E-state index in [1.807, 2.05) is 20.8 Å². The Morgan fingerprint density at radius 1 is 1.00 bits per heavy atom. The van der Waals surface area contributed by atoms with E-state index in [4.69, 9.17) is 9.73 Å². The summed E-state index contributed by atoms with van der Waals surface area (Å²) in [7, 11) is 0. The number of carbonyl (C=O) groups excluding carboxylic acids is 3. The van der Waals surface area contributed by atoms with E-state index in [1.54, 1.807) is 61.9 Å². The summed E-state index contributed by atoms with van der Waals surface area (Å²) in [5, 5.41) is 0. The van der Waals surface area contributed by atoms with Gasteiger partial charge in [0.05, 0.1) is 0 Å². The fraction of sp³-hybridized carbons (Fsp3) is 0.385. The number of esters is 1. The molecule has 0 fully saturated rings. The third-order valence-corrected chi connectivity index (χ3v) is 8.72. The van der Waals surface area contributed by atoms with Gasteiger partial charge in [-0.3, -0.25) is 0 Å². The van der Waals surface area contributed by atoms with Crippen LogP contribution in [0.5, 0.6) is 0 Å². The third-order valence-electron chi connectivity index (χ3n) is 6.87. The molecular formula is C26H31GeN3O4. The monoisotopic (exact) mass is 523 g/mol. The van der Waals surface area contributed by atoms with Gasteiger partial charge in [0.15, 0.2) is 0 Å². The number of pyridine rings is 2. The van der Waals surface area contributed by atoms with Crippen LogP contribution in [0.2, 0.25) is 4.75 Å². The molecule has 0 radical (unpaired) electrons. The normalized spacial score (nSPS) is 24.2. The summed E-state index contributed by atoms with van der Waals surface area (Å²) in [4.78, 5) is 53.2.